The summed E-state index contributed by atoms with van der Waals surface area (Å²) in [5.74, 6) is -5.35. The van der Waals surface area contributed by atoms with Gasteiger partial charge >= 0.3 is 23.9 Å². The first kappa shape index (κ1) is 52.8. The number of nitrogens with one attached hydrogen (secondary N) is 5. The zero-order chi connectivity index (χ0) is 50.7. The number of thiocarbonyl (C=S) groups is 1. The quantitative estimate of drug-likeness (QED) is 0.0107. The molecule has 0 unspecified atom stereocenters. The van der Waals surface area contributed by atoms with E-state index in [1.807, 2.05) is 30.3 Å². The van der Waals surface area contributed by atoms with Crippen molar-refractivity contribution in [1.82, 2.24) is 21.3 Å². The third kappa shape index (κ3) is 16.0. The van der Waals surface area contributed by atoms with Crippen LogP contribution >= 0.6 is 12.2 Å². The Morgan fingerprint density at radius 3 is 2.17 bits per heavy atom. The summed E-state index contributed by atoms with van der Waals surface area (Å²) >= 11 is 5.47. The molecule has 0 aromatic heterocycles. The number of amides is 3. The van der Waals surface area contributed by atoms with Crippen molar-refractivity contribution in [2.75, 3.05) is 18.4 Å². The Hall–Kier alpha value is -8.20. The molecule has 368 valence electrons. The number of carboxylic acids is 3. The second-order valence-corrected chi connectivity index (χ2v) is 16.5. The lowest BCUT2D eigenvalue weighted by atomic mass is 9.90. The molecule has 20 nitrogen and oxygen atoms in total. The third-order valence-corrected chi connectivity index (χ3v) is 11.2. The summed E-state index contributed by atoms with van der Waals surface area (Å²) in [6, 6.07) is 19.9. The molecule has 2 aliphatic rings. The molecule has 5 rings (SSSR count). The molecule has 3 amide bonds. The van der Waals surface area contributed by atoms with Crippen molar-refractivity contribution in [3.05, 3.63) is 106 Å². The molecule has 70 heavy (non-hydrogen) atoms. The Morgan fingerprint density at radius 1 is 0.757 bits per heavy atom. The number of ether oxygens (including phenoxy) is 1. The van der Waals surface area contributed by atoms with Gasteiger partial charge in [0.05, 0.1) is 12.0 Å². The number of hydrogen-bond acceptors (Lipinski definition) is 13. The minimum absolute atomic E-state index is 0.00708. The van der Waals surface area contributed by atoms with Gasteiger partial charge in [-0.3, -0.25) is 28.8 Å². The van der Waals surface area contributed by atoms with Crippen LogP contribution in [0.15, 0.2) is 94.1 Å². The summed E-state index contributed by atoms with van der Waals surface area (Å²) in [5, 5.41) is 52.6. The number of aromatic carboxylic acids is 1. The first-order valence-electron chi connectivity index (χ1n) is 22.1. The number of anilines is 1. The summed E-state index contributed by atoms with van der Waals surface area (Å²) in [4.78, 5) is 110. The van der Waals surface area contributed by atoms with Gasteiger partial charge < -0.3 is 56.2 Å². The van der Waals surface area contributed by atoms with Crippen LogP contribution in [0.1, 0.15) is 73.7 Å². The van der Waals surface area contributed by atoms with Crippen molar-refractivity contribution in [2.45, 2.75) is 76.5 Å². The number of carboxylic acid groups (broad SMARTS) is 3. The number of phenolic OH excluding ortho intramolecular Hbond substituents is 1. The number of aliphatic carboxylic acids is 2. The number of fused-ring (bicyclic) bond motifs is 2. The van der Waals surface area contributed by atoms with Crippen molar-refractivity contribution in [2.24, 2.45) is 5.92 Å². The fourth-order valence-corrected chi connectivity index (χ4v) is 7.75. The van der Waals surface area contributed by atoms with Gasteiger partial charge in [-0.15, -0.1) is 0 Å². The summed E-state index contributed by atoms with van der Waals surface area (Å²) < 4.78 is 10.5. The minimum Gasteiger partial charge on any atom is -0.508 e. The van der Waals surface area contributed by atoms with Crippen LogP contribution in [0, 0.1) is 5.92 Å². The van der Waals surface area contributed by atoms with E-state index in [1.54, 1.807) is 24.3 Å². The van der Waals surface area contributed by atoms with E-state index in [9.17, 15) is 58.5 Å². The van der Waals surface area contributed by atoms with Crippen LogP contribution in [0.5, 0.6) is 5.75 Å². The lowest BCUT2D eigenvalue weighted by molar-refractivity contribution is -0.141. The molecule has 0 bridgehead atoms. The van der Waals surface area contributed by atoms with Crippen molar-refractivity contribution in [3.63, 3.8) is 0 Å². The van der Waals surface area contributed by atoms with E-state index in [-0.39, 0.29) is 122 Å². The smallest absolute Gasteiger partial charge is 0.336 e. The van der Waals surface area contributed by atoms with Gasteiger partial charge in [0.1, 0.15) is 34.7 Å². The zero-order valence-electron chi connectivity index (χ0n) is 37.6. The average molecular weight is 982 g/mol. The van der Waals surface area contributed by atoms with Crippen LogP contribution in [-0.4, -0.2) is 98.8 Å². The molecule has 1 aliphatic heterocycles. The lowest BCUT2D eigenvalue weighted by Gasteiger charge is -2.19. The molecule has 1 heterocycles. The monoisotopic (exact) mass is 981 g/mol. The fourth-order valence-electron chi connectivity index (χ4n) is 7.53. The Kier molecular flexibility index (Phi) is 19.4. The standard InChI is InChI=1S/C49H51N5O15S/c55-27-68-42(18-19-43(60)61)54-48(67)53-39(47(65)66)17-13-31(56)8-4-20-50-45(62)29(22-28-6-2-1-3-7-28)23-32(57)9-5-21-51-49(70)52-30-10-14-35(38(24-30)46(63)64)44-36-15-11-33(58)25-40(36)69-41-26-34(59)12-16-37(41)44/h1-3,6-7,10-12,14-16,24-27,29,39,42,58H,4-5,8-9,13,17-23H2,(H,50,62)(H,60,61)(H,63,64)(H,65,66)(H2,51,52,70)(H2,53,54,67)/t29-,39+,42-/m1/s1. The number of phenols is 1. The number of ketones is 2. The molecule has 0 spiro atoms. The van der Waals surface area contributed by atoms with E-state index < -0.39 is 48.5 Å². The molecule has 3 aromatic carbocycles. The van der Waals surface area contributed by atoms with Crippen LogP contribution in [0.25, 0.3) is 33.4 Å². The van der Waals surface area contributed by atoms with E-state index in [1.165, 1.54) is 30.3 Å². The second kappa shape index (κ2) is 25.8. The molecule has 3 atom stereocenters. The highest BCUT2D eigenvalue weighted by molar-refractivity contribution is 7.80. The number of Topliss-reactive ketones (excluding diaryl/α,β-unsaturated/α-hetero) is 2. The summed E-state index contributed by atoms with van der Waals surface area (Å²) in [6.07, 6.45) is -1.64. The molecular formula is C49H51N5O15S. The van der Waals surface area contributed by atoms with Gasteiger partial charge in [-0.25, -0.2) is 14.4 Å². The van der Waals surface area contributed by atoms with Gasteiger partial charge in [0, 0.05) is 85.4 Å². The zero-order valence-corrected chi connectivity index (χ0v) is 38.4. The van der Waals surface area contributed by atoms with E-state index in [4.69, 9.17) is 21.7 Å². The van der Waals surface area contributed by atoms with E-state index in [0.29, 0.717) is 34.2 Å². The average Bonchev–Trinajstić information content (AvgIpc) is 3.31. The SMILES string of the molecule is O=CO[C@H](CCC(=O)O)NC(=O)N[C@@H](CCC(=O)CCCNC(=O)[C@@H](CC(=O)CCCNC(=S)Nc1ccc(-c2c3ccc(=O)cc-3oc3cc(O)ccc23)c(C(=O)O)c1)Cc1ccccc1)C(=O)O. The van der Waals surface area contributed by atoms with Crippen LogP contribution in [0.3, 0.4) is 0 Å². The van der Waals surface area contributed by atoms with Crippen molar-refractivity contribution in [1.29, 1.82) is 0 Å². The molecule has 3 aromatic rings. The maximum Gasteiger partial charge on any atom is 0.336 e. The molecular weight excluding hydrogens is 931 g/mol. The predicted molar refractivity (Wildman–Crippen MR) is 257 cm³/mol. The number of aromatic hydroxyl groups is 1. The number of urea groups is 1. The fraction of sp³-hybridized carbons (Fsp3) is 0.306. The Morgan fingerprint density at radius 2 is 1.47 bits per heavy atom. The van der Waals surface area contributed by atoms with Crippen molar-refractivity contribution < 1.29 is 67.9 Å². The third-order valence-electron chi connectivity index (χ3n) is 10.9. The Labute approximate surface area is 405 Å². The van der Waals surface area contributed by atoms with Gasteiger partial charge in [-0.05, 0) is 85.4 Å². The maximum atomic E-state index is 13.4. The number of carbonyl (C=O) groups excluding carboxylic acids is 5. The highest BCUT2D eigenvalue weighted by atomic mass is 32.1. The number of rotatable bonds is 27. The van der Waals surface area contributed by atoms with E-state index in [0.717, 1.165) is 5.56 Å². The number of carbonyl (C=O) groups is 8. The van der Waals surface area contributed by atoms with Gasteiger partial charge in [0.2, 0.25) is 5.91 Å². The van der Waals surface area contributed by atoms with Gasteiger partial charge in [0.15, 0.2) is 16.8 Å². The first-order valence-corrected chi connectivity index (χ1v) is 22.5. The van der Waals surface area contributed by atoms with Crippen LogP contribution in [-0.2, 0) is 39.9 Å². The van der Waals surface area contributed by atoms with Crippen molar-refractivity contribution in [3.8, 4) is 28.2 Å². The van der Waals surface area contributed by atoms with Gasteiger partial charge in [-0.1, -0.05) is 36.4 Å². The summed E-state index contributed by atoms with van der Waals surface area (Å²) in [5.41, 5.74) is 2.37. The first-order chi connectivity index (χ1) is 33.5. The van der Waals surface area contributed by atoms with Crippen LogP contribution in [0.4, 0.5) is 10.5 Å². The Balaban J connectivity index is 1.09. The van der Waals surface area contributed by atoms with Crippen LogP contribution in [0.2, 0.25) is 0 Å². The van der Waals surface area contributed by atoms with E-state index >= 15 is 0 Å². The van der Waals surface area contributed by atoms with Crippen LogP contribution < -0.4 is 32.0 Å². The van der Waals surface area contributed by atoms with Gasteiger partial charge in [-0.2, -0.15) is 0 Å². The molecule has 21 heteroatoms. The topological polar surface area (TPSA) is 317 Å². The highest BCUT2D eigenvalue weighted by Crippen LogP contribution is 2.42. The van der Waals surface area contributed by atoms with E-state index in [2.05, 4.69) is 31.3 Å². The molecule has 0 fully saturated rings. The summed E-state index contributed by atoms with van der Waals surface area (Å²) in [6.45, 7) is 0.373. The molecule has 0 saturated heterocycles. The Bertz CT molecular complexity index is 2760. The normalized spacial score (nSPS) is 12.2. The minimum atomic E-state index is -1.49. The largest absolute Gasteiger partial charge is 0.508 e. The maximum absolute atomic E-state index is 13.4. The predicted octanol–water partition coefficient (Wildman–Crippen LogP) is 5.22. The highest BCUT2D eigenvalue weighted by Gasteiger charge is 2.26. The number of hydrogen-bond donors (Lipinski definition) is 9. The molecule has 1 aliphatic carbocycles. The summed E-state index contributed by atoms with van der Waals surface area (Å²) in [7, 11) is 0. The molecule has 9 N–H and O–H groups in total. The molecule has 0 saturated carbocycles. The number of benzene rings is 4. The lowest BCUT2D eigenvalue weighted by Crippen LogP contribution is -2.49. The second-order valence-electron chi connectivity index (χ2n) is 16.1. The molecule has 0 radical (unpaired) electrons. The van der Waals surface area contributed by atoms with Crippen molar-refractivity contribution >= 4 is 81.9 Å². The van der Waals surface area contributed by atoms with Gasteiger partial charge in [0.25, 0.3) is 6.47 Å².